The van der Waals surface area contributed by atoms with E-state index in [0.717, 1.165) is 53.6 Å². The zero-order valence-electron chi connectivity index (χ0n) is 15.7. The van der Waals surface area contributed by atoms with Crippen LogP contribution in [-0.2, 0) is 19.5 Å². The van der Waals surface area contributed by atoms with Crippen molar-refractivity contribution in [1.29, 1.82) is 0 Å². The molecule has 2 aromatic heterocycles. The molecular weight excluding hydrogens is 324 g/mol. The molecule has 1 saturated carbocycles. The van der Waals surface area contributed by atoms with Gasteiger partial charge in [0.1, 0.15) is 5.82 Å². The maximum Gasteiger partial charge on any atom is 0.256 e. The molecule has 1 fully saturated rings. The number of hydrogen-bond donors (Lipinski definition) is 0. The van der Waals surface area contributed by atoms with Gasteiger partial charge >= 0.3 is 0 Å². The summed E-state index contributed by atoms with van der Waals surface area (Å²) in [5.74, 6) is 1.86. The zero-order valence-corrected chi connectivity index (χ0v) is 15.7. The molecular formula is C21H24N4O. The molecule has 5 heteroatoms. The Labute approximate surface area is 154 Å². The minimum Gasteiger partial charge on any atom is -0.352 e. The Morgan fingerprint density at radius 1 is 1.12 bits per heavy atom. The summed E-state index contributed by atoms with van der Waals surface area (Å²) in [5.41, 5.74) is 7.91. The molecule has 4 heterocycles. The number of anilines is 1. The van der Waals surface area contributed by atoms with Crippen molar-refractivity contribution < 1.29 is 4.79 Å². The molecule has 26 heavy (non-hydrogen) atoms. The molecule has 1 aliphatic carbocycles. The Morgan fingerprint density at radius 2 is 1.92 bits per heavy atom. The topological polar surface area (TPSA) is 49.3 Å². The minimum absolute atomic E-state index is 0.0990. The summed E-state index contributed by atoms with van der Waals surface area (Å²) in [4.78, 5) is 26.2. The van der Waals surface area contributed by atoms with Crippen molar-refractivity contribution >= 4 is 11.7 Å². The number of aromatic nitrogens is 2. The monoisotopic (exact) mass is 348 g/mol. The largest absolute Gasteiger partial charge is 0.352 e. The van der Waals surface area contributed by atoms with Crippen LogP contribution in [0.2, 0.25) is 0 Å². The highest BCUT2D eigenvalue weighted by Gasteiger charge is 2.32. The second kappa shape index (κ2) is 5.53. The molecule has 5 rings (SSSR count). The first-order valence-corrected chi connectivity index (χ1v) is 9.51. The van der Waals surface area contributed by atoms with E-state index in [1.54, 1.807) is 4.90 Å². The maximum atomic E-state index is 12.4. The fourth-order valence-electron chi connectivity index (χ4n) is 4.30. The second-order valence-electron chi connectivity index (χ2n) is 7.99. The lowest BCUT2D eigenvalue weighted by atomic mass is 9.99. The number of carbonyl (C=O) groups excluding carboxylic acids is 1. The van der Waals surface area contributed by atoms with Gasteiger partial charge in [0, 0.05) is 38.4 Å². The molecule has 5 nitrogen and oxygen atoms in total. The van der Waals surface area contributed by atoms with Crippen LogP contribution in [0.15, 0.2) is 12.3 Å². The third kappa shape index (κ3) is 2.33. The molecule has 0 bridgehead atoms. The van der Waals surface area contributed by atoms with Crippen LogP contribution in [0.3, 0.4) is 0 Å². The molecule has 2 aromatic rings. The van der Waals surface area contributed by atoms with Crippen LogP contribution < -0.4 is 4.90 Å². The number of fused-ring (bicyclic) bond motifs is 2. The van der Waals surface area contributed by atoms with E-state index in [2.05, 4.69) is 31.0 Å². The van der Waals surface area contributed by atoms with Crippen LogP contribution in [-0.4, -0.2) is 34.4 Å². The van der Waals surface area contributed by atoms with E-state index in [-0.39, 0.29) is 5.91 Å². The van der Waals surface area contributed by atoms with Gasteiger partial charge in [-0.2, -0.15) is 0 Å². The predicted molar refractivity (Wildman–Crippen MR) is 100 cm³/mol. The van der Waals surface area contributed by atoms with Crippen molar-refractivity contribution in [3.8, 4) is 0 Å². The summed E-state index contributed by atoms with van der Waals surface area (Å²) in [6.07, 6.45) is 5.64. The van der Waals surface area contributed by atoms with Crippen LogP contribution in [0.1, 0.15) is 62.8 Å². The highest BCUT2D eigenvalue weighted by Crippen LogP contribution is 2.41. The summed E-state index contributed by atoms with van der Waals surface area (Å²) in [6.45, 7) is 6.55. The number of rotatable bonds is 2. The highest BCUT2D eigenvalue weighted by atomic mass is 16.2. The van der Waals surface area contributed by atoms with Crippen LogP contribution in [0.5, 0.6) is 0 Å². The quantitative estimate of drug-likeness (QED) is 0.837. The minimum atomic E-state index is 0.0990. The molecule has 0 atom stereocenters. The van der Waals surface area contributed by atoms with Crippen molar-refractivity contribution in [2.45, 2.75) is 52.1 Å². The van der Waals surface area contributed by atoms with Gasteiger partial charge in [-0.15, -0.1) is 0 Å². The molecule has 134 valence electrons. The maximum absolute atomic E-state index is 12.4. The first-order valence-electron chi connectivity index (χ1n) is 9.51. The molecule has 3 aliphatic rings. The zero-order chi connectivity index (χ0) is 18.0. The molecule has 0 spiro atoms. The first kappa shape index (κ1) is 15.8. The number of nitrogens with zero attached hydrogens (tertiary/aromatic N) is 4. The lowest BCUT2D eigenvalue weighted by Gasteiger charge is -2.31. The van der Waals surface area contributed by atoms with Crippen molar-refractivity contribution in [2.24, 2.45) is 0 Å². The van der Waals surface area contributed by atoms with Gasteiger partial charge < -0.3 is 9.80 Å². The summed E-state index contributed by atoms with van der Waals surface area (Å²) < 4.78 is 0. The van der Waals surface area contributed by atoms with E-state index in [9.17, 15) is 4.79 Å². The Bertz CT molecular complexity index is 932. The average Bonchev–Trinajstić information content (AvgIpc) is 3.44. The second-order valence-corrected chi connectivity index (χ2v) is 7.99. The van der Waals surface area contributed by atoms with E-state index in [4.69, 9.17) is 9.97 Å². The number of pyridine rings is 2. The van der Waals surface area contributed by atoms with Gasteiger partial charge in [-0.05, 0) is 54.9 Å². The molecule has 0 radical (unpaired) electrons. The molecule has 0 saturated heterocycles. The van der Waals surface area contributed by atoms with Crippen molar-refractivity contribution in [2.75, 3.05) is 18.5 Å². The van der Waals surface area contributed by atoms with Gasteiger partial charge in [-0.1, -0.05) is 6.07 Å². The van der Waals surface area contributed by atoms with Gasteiger partial charge in [0.2, 0.25) is 0 Å². The van der Waals surface area contributed by atoms with Crippen molar-refractivity contribution in [1.82, 2.24) is 14.9 Å². The van der Waals surface area contributed by atoms with E-state index < -0.39 is 0 Å². The Balaban J connectivity index is 1.52. The van der Waals surface area contributed by atoms with E-state index >= 15 is 0 Å². The fraction of sp³-hybridized carbons (Fsp3) is 0.476. The molecule has 0 aromatic carbocycles. The third-order valence-corrected chi connectivity index (χ3v) is 6.16. The molecule has 0 unspecified atom stereocenters. The van der Waals surface area contributed by atoms with Crippen LogP contribution in [0.25, 0.3) is 0 Å². The number of carbonyl (C=O) groups is 1. The molecule has 2 aliphatic heterocycles. The lowest BCUT2D eigenvalue weighted by molar-refractivity contribution is 0.0815. The van der Waals surface area contributed by atoms with Gasteiger partial charge in [-0.25, -0.2) is 4.98 Å². The number of amides is 1. The van der Waals surface area contributed by atoms with Gasteiger partial charge in [-0.3, -0.25) is 9.78 Å². The summed E-state index contributed by atoms with van der Waals surface area (Å²) in [5, 5.41) is 0. The van der Waals surface area contributed by atoms with Gasteiger partial charge in [0.15, 0.2) is 0 Å². The van der Waals surface area contributed by atoms with E-state index in [1.807, 2.05) is 7.05 Å². The lowest BCUT2D eigenvalue weighted by Crippen LogP contribution is -2.32. The molecule has 0 N–H and O–H groups in total. The first-order chi connectivity index (χ1) is 12.5. The normalized spacial score (nSPS) is 19.0. The summed E-state index contributed by atoms with van der Waals surface area (Å²) >= 11 is 0. The summed E-state index contributed by atoms with van der Waals surface area (Å²) in [6, 6.07) is 2.36. The Hall–Kier alpha value is -2.43. The van der Waals surface area contributed by atoms with Crippen LogP contribution in [0, 0.1) is 13.8 Å². The van der Waals surface area contributed by atoms with Crippen LogP contribution in [0.4, 0.5) is 5.82 Å². The smallest absolute Gasteiger partial charge is 0.256 e. The third-order valence-electron chi connectivity index (χ3n) is 6.16. The van der Waals surface area contributed by atoms with Crippen LogP contribution >= 0.6 is 0 Å². The fourth-order valence-corrected chi connectivity index (χ4v) is 4.30. The Kier molecular flexibility index (Phi) is 3.36. The number of hydrogen-bond acceptors (Lipinski definition) is 4. The average molecular weight is 348 g/mol. The van der Waals surface area contributed by atoms with Crippen molar-refractivity contribution in [3.05, 3.63) is 51.5 Å². The van der Waals surface area contributed by atoms with E-state index in [0.29, 0.717) is 6.54 Å². The predicted octanol–water partition coefficient (Wildman–Crippen LogP) is 3.12. The molecule has 1 amide bonds. The Morgan fingerprint density at radius 3 is 2.69 bits per heavy atom. The van der Waals surface area contributed by atoms with Gasteiger partial charge in [0.25, 0.3) is 5.91 Å². The van der Waals surface area contributed by atoms with Gasteiger partial charge in [0.05, 0.1) is 17.8 Å². The SMILES string of the molecule is Cc1c(N2CCc3ncc(C4CC4)cc3C2)nc2c(c1C)C(=O)N(C)C2. The van der Waals surface area contributed by atoms with E-state index in [1.165, 1.54) is 29.7 Å². The summed E-state index contributed by atoms with van der Waals surface area (Å²) in [7, 11) is 1.85. The van der Waals surface area contributed by atoms with Crippen molar-refractivity contribution in [3.63, 3.8) is 0 Å². The standard InChI is InChI=1S/C21H24N4O/c1-12-13(2)20(23-18-11-24(3)21(26)19(12)18)25-7-6-17-16(10-25)8-15(9-22-17)14-4-5-14/h8-9,14H,4-7,10-11H2,1-3H3. The highest BCUT2D eigenvalue weighted by molar-refractivity contribution is 5.99.